The van der Waals surface area contributed by atoms with Gasteiger partial charge in [-0.25, -0.2) is 4.79 Å². The number of rotatable bonds is 3. The number of sulfonamides is 1. The van der Waals surface area contributed by atoms with Gasteiger partial charge in [0.05, 0.1) is 5.69 Å². The van der Waals surface area contributed by atoms with Crippen LogP contribution in [-0.4, -0.2) is 25.5 Å². The Labute approximate surface area is 121 Å². The molecule has 2 aromatic rings. The van der Waals surface area contributed by atoms with Gasteiger partial charge in [-0.15, -0.1) is 0 Å². The minimum atomic E-state index is -3.91. The number of carboxylic acid groups (broad SMARTS) is 1. The molecule has 2 heterocycles. The lowest BCUT2D eigenvalue weighted by Crippen LogP contribution is -2.35. The Bertz CT molecular complexity index is 808. The van der Waals surface area contributed by atoms with Crippen molar-refractivity contribution in [3.05, 3.63) is 47.7 Å². The molecule has 1 aliphatic heterocycles. The van der Waals surface area contributed by atoms with Gasteiger partial charge in [-0.05, 0) is 37.1 Å². The third kappa shape index (κ3) is 2.09. The van der Waals surface area contributed by atoms with E-state index in [1.165, 1.54) is 10.4 Å². The normalized spacial score (nSPS) is 17.8. The van der Waals surface area contributed by atoms with E-state index in [4.69, 9.17) is 9.52 Å². The van der Waals surface area contributed by atoms with Crippen molar-refractivity contribution in [2.24, 2.45) is 0 Å². The Morgan fingerprint density at radius 3 is 2.67 bits per heavy atom. The first-order valence-electron chi connectivity index (χ1n) is 6.37. The molecule has 6 nitrogen and oxygen atoms in total. The summed E-state index contributed by atoms with van der Waals surface area (Å²) < 4.78 is 31.6. The minimum absolute atomic E-state index is 0.245. The van der Waals surface area contributed by atoms with Crippen molar-refractivity contribution in [1.29, 1.82) is 0 Å². The van der Waals surface area contributed by atoms with Crippen LogP contribution >= 0.6 is 0 Å². The Morgan fingerprint density at radius 1 is 1.29 bits per heavy atom. The maximum atomic E-state index is 12.7. The zero-order valence-electron chi connectivity index (χ0n) is 11.2. The number of nitrogens with zero attached hydrogens (tertiary/aromatic N) is 1. The molecule has 0 fully saturated rings. The summed E-state index contributed by atoms with van der Waals surface area (Å²) in [5.74, 6) is -1.69. The summed E-state index contributed by atoms with van der Waals surface area (Å²) in [5, 5.41) is 8.48. The highest BCUT2D eigenvalue weighted by Gasteiger charge is 2.37. The highest BCUT2D eigenvalue weighted by atomic mass is 32.2. The summed E-state index contributed by atoms with van der Waals surface area (Å²) in [5.41, 5.74) is 1.55. The third-order valence-electron chi connectivity index (χ3n) is 3.45. The highest BCUT2D eigenvalue weighted by molar-refractivity contribution is 7.92. The number of benzene rings is 1. The van der Waals surface area contributed by atoms with Crippen molar-refractivity contribution in [2.75, 3.05) is 4.31 Å². The second-order valence-electron chi connectivity index (χ2n) is 4.91. The Hall–Kier alpha value is -2.28. The number of anilines is 1. The largest absolute Gasteiger partial charge is 0.475 e. The topological polar surface area (TPSA) is 87.8 Å². The van der Waals surface area contributed by atoms with Crippen LogP contribution in [0.2, 0.25) is 0 Å². The summed E-state index contributed by atoms with van der Waals surface area (Å²) in [6.45, 7) is 1.80. The Balaban J connectivity index is 2.08. The molecular formula is C14H13NO5S. The van der Waals surface area contributed by atoms with Gasteiger partial charge in [0.1, 0.15) is 0 Å². The van der Waals surface area contributed by atoms with Crippen molar-refractivity contribution in [1.82, 2.24) is 0 Å². The fraction of sp³-hybridized carbons (Fsp3) is 0.214. The Kier molecular flexibility index (Phi) is 3.02. The molecule has 3 rings (SSSR count). The average Bonchev–Trinajstić information content (AvgIpc) is 3.02. The number of carboxylic acids is 1. The van der Waals surface area contributed by atoms with Gasteiger partial charge in [-0.3, -0.25) is 4.31 Å². The molecule has 0 radical (unpaired) electrons. The molecule has 7 heteroatoms. The minimum Gasteiger partial charge on any atom is -0.475 e. The summed E-state index contributed by atoms with van der Waals surface area (Å²) in [6, 6.07) is 9.31. The van der Waals surface area contributed by atoms with E-state index in [-0.39, 0.29) is 11.1 Å². The van der Waals surface area contributed by atoms with Crippen LogP contribution in [0.1, 0.15) is 23.0 Å². The second-order valence-corrected chi connectivity index (χ2v) is 6.65. The van der Waals surface area contributed by atoms with E-state index in [0.717, 1.165) is 11.6 Å². The number of aromatic carboxylic acids is 1. The van der Waals surface area contributed by atoms with Gasteiger partial charge in [0.2, 0.25) is 10.9 Å². The van der Waals surface area contributed by atoms with Gasteiger partial charge in [-0.2, -0.15) is 8.42 Å². The molecule has 1 atom stereocenters. The lowest BCUT2D eigenvalue weighted by molar-refractivity contribution is 0.0656. The number of carbonyl (C=O) groups is 1. The van der Waals surface area contributed by atoms with Gasteiger partial charge < -0.3 is 9.52 Å². The summed E-state index contributed by atoms with van der Waals surface area (Å²) >= 11 is 0. The van der Waals surface area contributed by atoms with Gasteiger partial charge in [-0.1, -0.05) is 18.2 Å². The van der Waals surface area contributed by atoms with Crippen LogP contribution < -0.4 is 4.31 Å². The molecule has 0 aliphatic carbocycles. The van der Waals surface area contributed by atoms with Crippen molar-refractivity contribution in [2.45, 2.75) is 24.5 Å². The summed E-state index contributed by atoms with van der Waals surface area (Å²) in [6.07, 6.45) is 0.613. The van der Waals surface area contributed by atoms with E-state index in [0.29, 0.717) is 12.1 Å². The van der Waals surface area contributed by atoms with Crippen LogP contribution in [0, 0.1) is 0 Å². The van der Waals surface area contributed by atoms with Gasteiger partial charge in [0.15, 0.2) is 0 Å². The maximum absolute atomic E-state index is 12.7. The van der Waals surface area contributed by atoms with Crippen molar-refractivity contribution < 1.29 is 22.7 Å². The monoisotopic (exact) mass is 307 g/mol. The second kappa shape index (κ2) is 4.63. The summed E-state index contributed by atoms with van der Waals surface area (Å²) in [7, 11) is -3.91. The Morgan fingerprint density at radius 2 is 2.00 bits per heavy atom. The van der Waals surface area contributed by atoms with Gasteiger partial charge >= 0.3 is 5.97 Å². The first-order valence-corrected chi connectivity index (χ1v) is 7.81. The van der Waals surface area contributed by atoms with E-state index < -0.39 is 21.8 Å². The van der Waals surface area contributed by atoms with Crippen LogP contribution in [-0.2, 0) is 16.4 Å². The van der Waals surface area contributed by atoms with Gasteiger partial charge in [0.25, 0.3) is 10.0 Å². The fourth-order valence-corrected chi connectivity index (χ4v) is 4.19. The van der Waals surface area contributed by atoms with E-state index in [2.05, 4.69) is 0 Å². The van der Waals surface area contributed by atoms with E-state index in [1.807, 2.05) is 12.1 Å². The molecule has 1 aromatic heterocycles. The molecule has 0 bridgehead atoms. The predicted molar refractivity (Wildman–Crippen MR) is 74.9 cm³/mol. The van der Waals surface area contributed by atoms with Crippen LogP contribution in [0.3, 0.4) is 0 Å². The molecular weight excluding hydrogens is 294 g/mol. The quantitative estimate of drug-likeness (QED) is 0.938. The number of hydrogen-bond acceptors (Lipinski definition) is 4. The van der Waals surface area contributed by atoms with Crippen LogP contribution in [0.4, 0.5) is 5.69 Å². The fourth-order valence-electron chi connectivity index (χ4n) is 2.57. The zero-order valence-corrected chi connectivity index (χ0v) is 12.0. The maximum Gasteiger partial charge on any atom is 0.371 e. The number of furan rings is 1. The molecule has 0 saturated heterocycles. The molecule has 1 N–H and O–H groups in total. The number of fused-ring (bicyclic) bond motifs is 1. The molecule has 0 saturated carbocycles. The average molecular weight is 307 g/mol. The van der Waals surface area contributed by atoms with Crippen LogP contribution in [0.25, 0.3) is 0 Å². The standard InChI is InChI=1S/C14H13NO5S/c1-9-8-10-4-2-3-5-11(10)15(9)21(18,19)13-7-6-12(20-13)14(16)17/h2-7,9H,8H2,1H3,(H,16,17). The van der Waals surface area contributed by atoms with E-state index in [9.17, 15) is 13.2 Å². The van der Waals surface area contributed by atoms with E-state index >= 15 is 0 Å². The molecule has 0 amide bonds. The highest BCUT2D eigenvalue weighted by Crippen LogP contribution is 2.36. The molecule has 21 heavy (non-hydrogen) atoms. The zero-order chi connectivity index (χ0) is 15.2. The molecule has 1 aromatic carbocycles. The summed E-state index contributed by atoms with van der Waals surface area (Å²) in [4.78, 5) is 10.8. The lowest BCUT2D eigenvalue weighted by Gasteiger charge is -2.22. The smallest absolute Gasteiger partial charge is 0.371 e. The third-order valence-corrected chi connectivity index (χ3v) is 5.25. The first kappa shape index (κ1) is 13.7. The SMILES string of the molecule is CC1Cc2ccccc2N1S(=O)(=O)c1ccc(C(=O)O)o1. The molecule has 0 spiro atoms. The molecule has 1 unspecified atom stereocenters. The number of para-hydroxylation sites is 1. The first-order chi connectivity index (χ1) is 9.91. The van der Waals surface area contributed by atoms with Gasteiger partial charge in [0, 0.05) is 6.04 Å². The predicted octanol–water partition coefficient (Wildman–Crippen LogP) is 2.12. The molecule has 1 aliphatic rings. The number of hydrogen-bond donors (Lipinski definition) is 1. The van der Waals surface area contributed by atoms with Crippen LogP contribution in [0.15, 0.2) is 45.9 Å². The van der Waals surface area contributed by atoms with E-state index in [1.54, 1.807) is 19.1 Å². The van der Waals surface area contributed by atoms with Crippen molar-refractivity contribution in [3.8, 4) is 0 Å². The lowest BCUT2D eigenvalue weighted by atomic mass is 10.1. The molecule has 110 valence electrons. The van der Waals surface area contributed by atoms with Crippen molar-refractivity contribution >= 4 is 21.7 Å². The van der Waals surface area contributed by atoms with Crippen LogP contribution in [0.5, 0.6) is 0 Å². The van der Waals surface area contributed by atoms with Crippen molar-refractivity contribution in [3.63, 3.8) is 0 Å².